The van der Waals surface area contributed by atoms with Crippen molar-refractivity contribution in [3.8, 4) is 0 Å². The van der Waals surface area contributed by atoms with Crippen LogP contribution in [0.4, 0.5) is 0 Å². The first-order valence-corrected chi connectivity index (χ1v) is 8.46. The maximum atomic E-state index is 6.04. The number of benzene rings is 1. The Bertz CT molecular complexity index is 437. The molecule has 116 valence electrons. The summed E-state index contributed by atoms with van der Waals surface area (Å²) in [5.41, 5.74) is 1.41. The van der Waals surface area contributed by atoms with E-state index in [1.165, 1.54) is 18.4 Å². The van der Waals surface area contributed by atoms with Crippen LogP contribution in [0, 0.1) is 5.92 Å². The van der Waals surface area contributed by atoms with Gasteiger partial charge in [-0.2, -0.15) is 0 Å². The van der Waals surface area contributed by atoms with Crippen LogP contribution >= 0.6 is 11.6 Å². The Labute approximate surface area is 132 Å². The number of hydrogen-bond acceptors (Lipinski definition) is 3. The summed E-state index contributed by atoms with van der Waals surface area (Å²) < 4.78 is 5.59. The van der Waals surface area contributed by atoms with E-state index in [-0.39, 0.29) is 5.54 Å². The van der Waals surface area contributed by atoms with Crippen LogP contribution in [-0.2, 0) is 10.3 Å². The van der Waals surface area contributed by atoms with E-state index in [0.717, 1.165) is 56.6 Å². The molecule has 0 bridgehead atoms. The molecule has 2 N–H and O–H groups in total. The van der Waals surface area contributed by atoms with Gasteiger partial charge in [-0.3, -0.25) is 0 Å². The largest absolute Gasteiger partial charge is 0.381 e. The van der Waals surface area contributed by atoms with Crippen LogP contribution < -0.4 is 10.6 Å². The number of nitrogens with one attached hydrogen (secondary N) is 2. The molecular weight excluding hydrogens is 284 g/mol. The second-order valence-electron chi connectivity index (χ2n) is 6.28. The van der Waals surface area contributed by atoms with Crippen molar-refractivity contribution in [3.05, 3.63) is 34.9 Å². The Hall–Kier alpha value is -0.610. The molecule has 2 fully saturated rings. The fraction of sp³-hybridized carbons (Fsp3) is 0.647. The third-order valence-corrected chi connectivity index (χ3v) is 5.18. The first-order chi connectivity index (χ1) is 10.3. The standard InChI is InChI=1S/C17H25ClN2O/c18-16-3-1-15(2-4-16)17(7-11-21-12-8-17)20-13-14-5-9-19-10-6-14/h1-4,14,19-20H,5-13H2. The zero-order valence-electron chi connectivity index (χ0n) is 12.5. The quantitative estimate of drug-likeness (QED) is 0.897. The van der Waals surface area contributed by atoms with Crippen molar-refractivity contribution >= 4 is 11.6 Å². The molecule has 2 aliphatic heterocycles. The highest BCUT2D eigenvalue weighted by atomic mass is 35.5. The van der Waals surface area contributed by atoms with Crippen LogP contribution in [0.25, 0.3) is 0 Å². The van der Waals surface area contributed by atoms with E-state index in [2.05, 4.69) is 22.8 Å². The molecule has 0 aliphatic carbocycles. The van der Waals surface area contributed by atoms with Gasteiger partial charge in [0.05, 0.1) is 0 Å². The zero-order chi connectivity index (χ0) is 14.5. The molecule has 0 radical (unpaired) electrons. The van der Waals surface area contributed by atoms with Gasteiger partial charge in [0.2, 0.25) is 0 Å². The molecule has 21 heavy (non-hydrogen) atoms. The summed E-state index contributed by atoms with van der Waals surface area (Å²) in [5.74, 6) is 0.790. The van der Waals surface area contributed by atoms with Crippen molar-refractivity contribution < 1.29 is 4.74 Å². The summed E-state index contributed by atoms with van der Waals surface area (Å²) in [6, 6.07) is 8.34. The third kappa shape index (κ3) is 3.78. The van der Waals surface area contributed by atoms with Gasteiger partial charge >= 0.3 is 0 Å². The normalized spacial score (nSPS) is 23.1. The minimum Gasteiger partial charge on any atom is -0.381 e. The average molecular weight is 309 g/mol. The lowest BCUT2D eigenvalue weighted by molar-refractivity contribution is 0.0343. The molecule has 0 amide bonds. The summed E-state index contributed by atoms with van der Waals surface area (Å²) in [6.07, 6.45) is 4.64. The van der Waals surface area contributed by atoms with Crippen LogP contribution in [0.15, 0.2) is 24.3 Å². The topological polar surface area (TPSA) is 33.3 Å². The molecule has 0 atom stereocenters. The van der Waals surface area contributed by atoms with Crippen molar-refractivity contribution in [2.24, 2.45) is 5.92 Å². The highest BCUT2D eigenvalue weighted by Crippen LogP contribution is 2.33. The van der Waals surface area contributed by atoms with E-state index in [0.29, 0.717) is 0 Å². The molecule has 3 nitrogen and oxygen atoms in total. The highest BCUT2D eigenvalue weighted by Gasteiger charge is 2.34. The summed E-state index contributed by atoms with van der Waals surface area (Å²) in [6.45, 7) is 5.08. The Kier molecular flexibility index (Phi) is 5.17. The monoisotopic (exact) mass is 308 g/mol. The van der Waals surface area contributed by atoms with Gasteiger partial charge in [-0.05, 0) is 68.9 Å². The fourth-order valence-electron chi connectivity index (χ4n) is 3.48. The molecule has 0 aromatic heterocycles. The van der Waals surface area contributed by atoms with Gasteiger partial charge in [-0.1, -0.05) is 23.7 Å². The summed E-state index contributed by atoms with van der Waals surface area (Å²) in [4.78, 5) is 0. The molecule has 0 saturated carbocycles. The van der Waals surface area contributed by atoms with Gasteiger partial charge in [-0.15, -0.1) is 0 Å². The van der Waals surface area contributed by atoms with E-state index in [1.807, 2.05) is 12.1 Å². The summed E-state index contributed by atoms with van der Waals surface area (Å²) >= 11 is 6.04. The minimum absolute atomic E-state index is 0.0632. The maximum absolute atomic E-state index is 6.04. The van der Waals surface area contributed by atoms with Crippen molar-refractivity contribution in [1.82, 2.24) is 10.6 Å². The summed E-state index contributed by atoms with van der Waals surface area (Å²) in [7, 11) is 0. The molecule has 2 heterocycles. The van der Waals surface area contributed by atoms with Crippen LogP contribution in [0.1, 0.15) is 31.2 Å². The summed E-state index contributed by atoms with van der Waals surface area (Å²) in [5, 5.41) is 8.13. The smallest absolute Gasteiger partial charge is 0.0486 e. The van der Waals surface area contributed by atoms with Gasteiger partial charge in [0, 0.05) is 23.8 Å². The van der Waals surface area contributed by atoms with Crippen molar-refractivity contribution in [1.29, 1.82) is 0 Å². The molecule has 2 saturated heterocycles. The molecule has 4 heteroatoms. The lowest BCUT2D eigenvalue weighted by Crippen LogP contribution is -2.49. The molecule has 3 rings (SSSR count). The molecule has 1 aromatic rings. The molecule has 0 unspecified atom stereocenters. The maximum Gasteiger partial charge on any atom is 0.0486 e. The van der Waals surface area contributed by atoms with Gasteiger partial charge < -0.3 is 15.4 Å². The first-order valence-electron chi connectivity index (χ1n) is 8.08. The average Bonchev–Trinajstić information content (AvgIpc) is 2.55. The van der Waals surface area contributed by atoms with E-state index >= 15 is 0 Å². The van der Waals surface area contributed by atoms with E-state index in [9.17, 15) is 0 Å². The number of halogens is 1. The third-order valence-electron chi connectivity index (χ3n) is 4.93. The minimum atomic E-state index is 0.0632. The molecule has 2 aliphatic rings. The predicted molar refractivity (Wildman–Crippen MR) is 86.8 cm³/mol. The van der Waals surface area contributed by atoms with Crippen LogP contribution in [0.3, 0.4) is 0 Å². The van der Waals surface area contributed by atoms with E-state index < -0.39 is 0 Å². The van der Waals surface area contributed by atoms with Crippen LogP contribution in [0.2, 0.25) is 5.02 Å². The second-order valence-corrected chi connectivity index (χ2v) is 6.71. The van der Waals surface area contributed by atoms with Gasteiger partial charge in [0.25, 0.3) is 0 Å². The van der Waals surface area contributed by atoms with Crippen LogP contribution in [-0.4, -0.2) is 32.8 Å². The Morgan fingerprint density at radius 1 is 1.14 bits per heavy atom. The first kappa shape index (κ1) is 15.3. The predicted octanol–water partition coefficient (Wildman–Crippen LogP) is 2.93. The number of piperidine rings is 1. The Morgan fingerprint density at radius 2 is 1.81 bits per heavy atom. The fourth-order valence-corrected chi connectivity index (χ4v) is 3.61. The van der Waals surface area contributed by atoms with Crippen LogP contribution in [0.5, 0.6) is 0 Å². The Morgan fingerprint density at radius 3 is 2.48 bits per heavy atom. The molecular formula is C17H25ClN2O. The second kappa shape index (κ2) is 7.10. The van der Waals surface area contributed by atoms with Crippen molar-refractivity contribution in [2.75, 3.05) is 32.8 Å². The van der Waals surface area contributed by atoms with Gasteiger partial charge in [-0.25, -0.2) is 0 Å². The highest BCUT2D eigenvalue weighted by molar-refractivity contribution is 6.30. The van der Waals surface area contributed by atoms with Crippen molar-refractivity contribution in [2.45, 2.75) is 31.2 Å². The van der Waals surface area contributed by atoms with Gasteiger partial charge in [0.15, 0.2) is 0 Å². The molecule has 0 spiro atoms. The number of ether oxygens (including phenoxy) is 1. The van der Waals surface area contributed by atoms with E-state index in [4.69, 9.17) is 16.3 Å². The van der Waals surface area contributed by atoms with E-state index in [1.54, 1.807) is 0 Å². The number of rotatable bonds is 4. The number of hydrogen-bond donors (Lipinski definition) is 2. The Balaban J connectivity index is 1.71. The molecule has 1 aromatic carbocycles. The lowest BCUT2D eigenvalue weighted by atomic mass is 9.82. The van der Waals surface area contributed by atoms with Gasteiger partial charge in [0.1, 0.15) is 0 Å². The van der Waals surface area contributed by atoms with Crippen molar-refractivity contribution in [3.63, 3.8) is 0 Å². The zero-order valence-corrected chi connectivity index (χ0v) is 13.3. The SMILES string of the molecule is Clc1ccc(C2(NCC3CCNCC3)CCOCC2)cc1. The lowest BCUT2D eigenvalue weighted by Gasteiger charge is -2.40.